The number of hydrogen-bond donors (Lipinski definition) is 1. The second kappa shape index (κ2) is 3.93. The maximum absolute atomic E-state index is 10.6. The van der Waals surface area contributed by atoms with Gasteiger partial charge in [0.1, 0.15) is 11.1 Å². The van der Waals surface area contributed by atoms with Crippen molar-refractivity contribution in [2.75, 3.05) is 0 Å². The molecule has 1 amide bonds. The van der Waals surface area contributed by atoms with E-state index in [4.69, 9.17) is 9.85 Å². The molecule has 0 fully saturated rings. The van der Waals surface area contributed by atoms with Crippen molar-refractivity contribution in [1.82, 2.24) is 0 Å². The summed E-state index contributed by atoms with van der Waals surface area (Å²) in [4.78, 5) is 10.6. The third-order valence-corrected chi connectivity index (χ3v) is 1.11. The quantitative estimate of drug-likeness (QED) is 0.445. The third-order valence-electron chi connectivity index (χ3n) is 1.11. The number of rotatable bonds is 1. The highest BCUT2D eigenvalue weighted by Crippen LogP contribution is 1.90. The van der Waals surface area contributed by atoms with Crippen LogP contribution in [0.3, 0.4) is 0 Å². The number of nitrogens with two attached hydrogens (primary N) is 1. The summed E-state index contributed by atoms with van der Waals surface area (Å²) in [5.41, 5.74) is 5.28. The molecule has 0 saturated heterocycles. The Morgan fingerprint density at radius 3 is 2.55 bits per heavy atom. The van der Waals surface area contributed by atoms with Gasteiger partial charge in [-0.25, -0.2) is 4.57 Å². The lowest BCUT2D eigenvalue weighted by atomic mass is 10.2. The molecule has 60 valence electrons. The first-order chi connectivity index (χ1) is 5.91. The average molecular weight is 176 g/mol. The lowest BCUT2D eigenvalue weighted by Gasteiger charge is -1.89. The van der Waals surface area contributed by atoms with Crippen LogP contribution in [0, 0.1) is 0 Å². The average Bonchev–Trinajstić information content (AvgIpc) is 2.03. The van der Waals surface area contributed by atoms with Gasteiger partial charge in [0.2, 0.25) is 5.91 Å². The van der Waals surface area contributed by atoms with Gasteiger partial charge in [0.25, 0.3) is 0 Å². The van der Waals surface area contributed by atoms with E-state index in [9.17, 15) is 4.79 Å². The van der Waals surface area contributed by atoms with E-state index in [0.29, 0.717) is 5.56 Å². The summed E-state index contributed by atoms with van der Waals surface area (Å²) in [5.74, 6) is -0.572. The first-order valence-electron chi connectivity index (χ1n) is 4.23. The minimum absolute atomic E-state index is 0. The van der Waals surface area contributed by atoms with Crippen LogP contribution in [0.4, 0.5) is 0 Å². The van der Waals surface area contributed by atoms with Gasteiger partial charge in [0.15, 0.2) is 12.4 Å². The van der Waals surface area contributed by atoms with Crippen LogP contribution in [0.15, 0.2) is 24.5 Å². The zero-order valence-electron chi connectivity index (χ0n) is 8.62. The highest BCUT2D eigenvalue weighted by molar-refractivity contribution is 5.92. The number of amides is 1. The molecular weight excluding hydrogens is 164 g/mol. The first kappa shape index (κ1) is 5.55. The van der Waals surface area contributed by atoms with Crippen molar-refractivity contribution >= 4 is 5.91 Å². The standard InChI is InChI=1S/C7H8N2O.ClH/c1-9-4-2-6(3-5-9)7(8)10;/h2-5H,1H3,(H-,8,10);1H/i1D3;. The number of aromatic nitrogens is 1. The molecule has 0 spiro atoms. The Balaban J connectivity index is 0.00000169. The molecule has 1 aromatic rings. The van der Waals surface area contributed by atoms with E-state index in [1.54, 1.807) is 0 Å². The largest absolute Gasteiger partial charge is 1.00 e. The molecule has 0 aromatic carbocycles. The number of primary amides is 1. The minimum atomic E-state index is -2.21. The lowest BCUT2D eigenvalue weighted by Crippen LogP contribution is -3.00. The third kappa shape index (κ3) is 2.55. The highest BCUT2D eigenvalue weighted by atomic mass is 35.5. The fourth-order valence-corrected chi connectivity index (χ4v) is 0.591. The van der Waals surface area contributed by atoms with Crippen LogP contribution in [-0.2, 0) is 6.98 Å². The first-order valence-corrected chi connectivity index (χ1v) is 2.73. The maximum atomic E-state index is 10.6. The number of hydrogen-bond acceptors (Lipinski definition) is 1. The van der Waals surface area contributed by atoms with Gasteiger partial charge in [-0.05, 0) is 0 Å². The number of nitrogens with zero attached hydrogens (tertiary/aromatic N) is 1. The van der Waals surface area contributed by atoms with E-state index < -0.39 is 12.9 Å². The SMILES string of the molecule is [2H]C([2H])([2H])[n+]1ccc(C(N)=O)cc1.[Cl-]. The fourth-order valence-electron chi connectivity index (χ4n) is 0.591. The molecule has 0 radical (unpaired) electrons. The summed E-state index contributed by atoms with van der Waals surface area (Å²) in [6.07, 6.45) is 2.60. The van der Waals surface area contributed by atoms with E-state index in [1.807, 2.05) is 0 Å². The smallest absolute Gasteiger partial charge is 0.249 e. The predicted molar refractivity (Wildman–Crippen MR) is 36.1 cm³/mol. The molecule has 0 saturated carbocycles. The molecule has 0 atom stereocenters. The summed E-state index contributed by atoms with van der Waals surface area (Å²) >= 11 is 0. The molecule has 3 nitrogen and oxygen atoms in total. The molecule has 0 aliphatic rings. The summed E-state index contributed by atoms with van der Waals surface area (Å²) < 4.78 is 22.1. The Hall–Kier alpha value is -1.09. The second-order valence-electron chi connectivity index (χ2n) is 1.86. The molecule has 0 aliphatic carbocycles. The fraction of sp³-hybridized carbons (Fsp3) is 0.143. The maximum Gasteiger partial charge on any atom is 0.249 e. The zero-order valence-corrected chi connectivity index (χ0v) is 6.38. The molecule has 1 heterocycles. The molecular formula is C7H9ClN2O. The Morgan fingerprint density at radius 2 is 2.18 bits per heavy atom. The van der Waals surface area contributed by atoms with Gasteiger partial charge in [0.05, 0.1) is 5.56 Å². The van der Waals surface area contributed by atoms with E-state index >= 15 is 0 Å². The Morgan fingerprint density at radius 1 is 1.64 bits per heavy atom. The predicted octanol–water partition coefficient (Wildman–Crippen LogP) is -3.39. The number of carbonyl (C=O) groups is 1. The number of carbonyl (C=O) groups excluding carboxylic acids is 1. The van der Waals surface area contributed by atoms with Crippen LogP contribution in [-0.4, -0.2) is 5.91 Å². The van der Waals surface area contributed by atoms with Crippen LogP contribution < -0.4 is 22.7 Å². The van der Waals surface area contributed by atoms with Gasteiger partial charge in [-0.3, -0.25) is 4.79 Å². The molecule has 0 aliphatic heterocycles. The Bertz CT molecular complexity index is 323. The summed E-state index contributed by atoms with van der Waals surface area (Å²) in [5, 5.41) is 0. The van der Waals surface area contributed by atoms with Crippen molar-refractivity contribution < 1.29 is 25.9 Å². The Labute approximate surface area is 75.5 Å². The Kier molecular flexibility index (Phi) is 1.98. The van der Waals surface area contributed by atoms with Crippen molar-refractivity contribution in [3.8, 4) is 0 Å². The van der Waals surface area contributed by atoms with Crippen LogP contribution in [0.1, 0.15) is 14.5 Å². The molecule has 1 rings (SSSR count). The highest BCUT2D eigenvalue weighted by Gasteiger charge is 1.99. The minimum Gasteiger partial charge on any atom is -1.00 e. The molecule has 1 aromatic heterocycles. The number of aryl methyl sites for hydroxylation is 1. The molecule has 0 unspecified atom stereocenters. The van der Waals surface area contributed by atoms with Crippen LogP contribution in [0.25, 0.3) is 0 Å². The van der Waals surface area contributed by atoms with E-state index in [2.05, 4.69) is 0 Å². The van der Waals surface area contributed by atoms with E-state index in [-0.39, 0.29) is 12.4 Å². The van der Waals surface area contributed by atoms with Gasteiger partial charge in [-0.2, -0.15) is 0 Å². The molecule has 0 bridgehead atoms. The molecule has 4 heteroatoms. The van der Waals surface area contributed by atoms with E-state index in [1.165, 1.54) is 24.5 Å². The van der Waals surface area contributed by atoms with Crippen molar-refractivity contribution in [2.45, 2.75) is 0 Å². The monoisotopic (exact) mass is 175 g/mol. The normalized spacial score (nSPS) is 13.6. The van der Waals surface area contributed by atoms with Crippen LogP contribution >= 0.6 is 0 Å². The molecule has 11 heavy (non-hydrogen) atoms. The van der Waals surface area contributed by atoms with Gasteiger partial charge in [-0.1, -0.05) is 0 Å². The van der Waals surface area contributed by atoms with E-state index in [0.717, 1.165) is 4.57 Å². The molecule has 2 N–H and O–H groups in total. The zero-order chi connectivity index (χ0) is 10.1. The van der Waals surface area contributed by atoms with Crippen LogP contribution in [0.5, 0.6) is 0 Å². The van der Waals surface area contributed by atoms with Gasteiger partial charge < -0.3 is 18.1 Å². The van der Waals surface area contributed by atoms with Gasteiger partial charge in [-0.15, -0.1) is 0 Å². The van der Waals surface area contributed by atoms with Crippen molar-refractivity contribution in [2.24, 2.45) is 12.7 Å². The van der Waals surface area contributed by atoms with Gasteiger partial charge in [0, 0.05) is 12.1 Å². The topological polar surface area (TPSA) is 47.0 Å². The van der Waals surface area contributed by atoms with Crippen molar-refractivity contribution in [3.63, 3.8) is 0 Å². The summed E-state index contributed by atoms with van der Waals surface area (Å²) in [6, 6.07) is 2.74. The van der Waals surface area contributed by atoms with Gasteiger partial charge >= 0.3 is 0 Å². The summed E-state index contributed by atoms with van der Waals surface area (Å²) in [7, 11) is 0. The lowest BCUT2D eigenvalue weighted by molar-refractivity contribution is -0.671. The number of halogens is 1. The van der Waals surface area contributed by atoms with Crippen LogP contribution in [0.2, 0.25) is 0 Å². The van der Waals surface area contributed by atoms with Crippen molar-refractivity contribution in [1.29, 1.82) is 0 Å². The second-order valence-corrected chi connectivity index (χ2v) is 1.86. The summed E-state index contributed by atoms with van der Waals surface area (Å²) in [6.45, 7) is -2.21. The number of pyridine rings is 1. The van der Waals surface area contributed by atoms with Crippen molar-refractivity contribution in [3.05, 3.63) is 30.1 Å².